The van der Waals surface area contributed by atoms with Crippen LogP contribution in [0.1, 0.15) is 5.69 Å². The van der Waals surface area contributed by atoms with Gasteiger partial charge in [-0.05, 0) is 24.3 Å². The summed E-state index contributed by atoms with van der Waals surface area (Å²) in [5.41, 5.74) is 1.24. The van der Waals surface area contributed by atoms with Crippen molar-refractivity contribution < 1.29 is 4.79 Å². The van der Waals surface area contributed by atoms with Crippen LogP contribution in [0.3, 0.4) is 0 Å². The van der Waals surface area contributed by atoms with Crippen molar-refractivity contribution in [2.75, 3.05) is 31.5 Å². The number of rotatable bonds is 3. The molecule has 3 aromatic heterocycles. The molecule has 4 rings (SSSR count). The molecule has 28 heavy (non-hydrogen) atoms. The Kier molecular flexibility index (Phi) is 5.23. The average molecular weight is 399 g/mol. The van der Waals surface area contributed by atoms with E-state index in [9.17, 15) is 9.59 Å². The summed E-state index contributed by atoms with van der Waals surface area (Å²) in [7, 11) is 0. The molecule has 0 unspecified atom stereocenters. The number of piperazine rings is 1. The lowest BCUT2D eigenvalue weighted by molar-refractivity contribution is 0.142. The average Bonchev–Trinajstić information content (AvgIpc) is 2.72. The van der Waals surface area contributed by atoms with Gasteiger partial charge in [-0.3, -0.25) is 19.1 Å². The second-order valence-electron chi connectivity index (χ2n) is 6.57. The predicted molar refractivity (Wildman–Crippen MR) is 107 cm³/mol. The number of fused-ring (bicyclic) bond motifs is 1. The van der Waals surface area contributed by atoms with Crippen molar-refractivity contribution in [3.63, 3.8) is 0 Å². The highest BCUT2D eigenvalue weighted by Gasteiger charge is 2.22. The Labute approximate surface area is 166 Å². The summed E-state index contributed by atoms with van der Waals surface area (Å²) in [5, 5.41) is 3.09. The van der Waals surface area contributed by atoms with Crippen molar-refractivity contribution in [1.82, 2.24) is 24.2 Å². The Bertz CT molecular complexity index is 1050. The van der Waals surface area contributed by atoms with Crippen LogP contribution >= 0.6 is 11.6 Å². The Morgan fingerprint density at radius 2 is 1.93 bits per heavy atom. The lowest BCUT2D eigenvalue weighted by Gasteiger charge is -2.34. The number of amides is 2. The summed E-state index contributed by atoms with van der Waals surface area (Å²) in [6, 6.07) is 8.85. The fourth-order valence-electron chi connectivity index (χ4n) is 3.16. The number of anilines is 1. The van der Waals surface area contributed by atoms with Gasteiger partial charge in [-0.2, -0.15) is 0 Å². The van der Waals surface area contributed by atoms with E-state index >= 15 is 0 Å². The maximum Gasteiger partial charge on any atom is 0.322 e. The maximum atomic E-state index is 12.6. The van der Waals surface area contributed by atoms with Gasteiger partial charge in [-0.25, -0.2) is 9.78 Å². The summed E-state index contributed by atoms with van der Waals surface area (Å²) in [6.45, 7) is 3.40. The zero-order chi connectivity index (χ0) is 19.5. The Hall–Kier alpha value is -2.97. The van der Waals surface area contributed by atoms with Gasteiger partial charge < -0.3 is 10.2 Å². The number of urea groups is 1. The van der Waals surface area contributed by atoms with Gasteiger partial charge in [0.25, 0.3) is 5.56 Å². The number of nitrogens with one attached hydrogen (secondary N) is 1. The molecule has 0 radical (unpaired) electrons. The molecule has 3 aromatic rings. The normalized spacial score (nSPS) is 15.0. The molecular formula is C19H19ClN6O2. The Morgan fingerprint density at radius 1 is 1.11 bits per heavy atom. The molecule has 1 aliphatic heterocycles. The first-order valence-electron chi connectivity index (χ1n) is 8.95. The molecule has 144 valence electrons. The van der Waals surface area contributed by atoms with Gasteiger partial charge in [-0.15, -0.1) is 0 Å². The van der Waals surface area contributed by atoms with Crippen molar-refractivity contribution in [3.05, 3.63) is 70.0 Å². The predicted octanol–water partition coefficient (Wildman–Crippen LogP) is 2.09. The summed E-state index contributed by atoms with van der Waals surface area (Å²) < 4.78 is 1.32. The van der Waals surface area contributed by atoms with Crippen LogP contribution in [0.5, 0.6) is 0 Å². The lowest BCUT2D eigenvalue weighted by atomic mass is 10.3. The number of carbonyl (C=O) groups is 1. The highest BCUT2D eigenvalue weighted by atomic mass is 35.5. The number of pyridine rings is 2. The fourth-order valence-corrected chi connectivity index (χ4v) is 3.32. The molecule has 1 aliphatic rings. The van der Waals surface area contributed by atoms with Gasteiger partial charge in [0.1, 0.15) is 11.3 Å². The minimum absolute atomic E-state index is 0.126. The van der Waals surface area contributed by atoms with Crippen LogP contribution in [0.2, 0.25) is 5.02 Å². The van der Waals surface area contributed by atoms with E-state index in [4.69, 9.17) is 11.6 Å². The van der Waals surface area contributed by atoms with Gasteiger partial charge in [0.15, 0.2) is 0 Å². The zero-order valence-corrected chi connectivity index (χ0v) is 15.8. The van der Waals surface area contributed by atoms with E-state index in [-0.39, 0.29) is 17.3 Å². The molecule has 1 fully saturated rings. The molecule has 0 aromatic carbocycles. The maximum absolute atomic E-state index is 12.6. The highest BCUT2D eigenvalue weighted by Crippen LogP contribution is 2.11. The second-order valence-corrected chi connectivity index (χ2v) is 7.00. The third kappa shape index (κ3) is 3.97. The van der Waals surface area contributed by atoms with Gasteiger partial charge >= 0.3 is 6.03 Å². The third-order valence-corrected chi connectivity index (χ3v) is 4.90. The van der Waals surface area contributed by atoms with Gasteiger partial charge in [0.05, 0.1) is 16.9 Å². The highest BCUT2D eigenvalue weighted by molar-refractivity contribution is 6.30. The number of hydrogen-bond donors (Lipinski definition) is 1. The van der Waals surface area contributed by atoms with Crippen LogP contribution < -0.4 is 10.9 Å². The van der Waals surface area contributed by atoms with E-state index < -0.39 is 0 Å². The minimum Gasteiger partial charge on any atom is -0.322 e. The lowest BCUT2D eigenvalue weighted by Crippen LogP contribution is -2.50. The van der Waals surface area contributed by atoms with E-state index in [1.807, 2.05) is 18.2 Å². The smallest absolute Gasteiger partial charge is 0.322 e. The summed E-state index contributed by atoms with van der Waals surface area (Å²) in [5.74, 6) is 0. The summed E-state index contributed by atoms with van der Waals surface area (Å²) in [4.78, 5) is 37.6. The van der Waals surface area contributed by atoms with E-state index in [2.05, 4.69) is 20.2 Å². The first kappa shape index (κ1) is 18.4. The van der Waals surface area contributed by atoms with Crippen molar-refractivity contribution in [2.24, 2.45) is 0 Å². The van der Waals surface area contributed by atoms with Crippen molar-refractivity contribution in [2.45, 2.75) is 6.54 Å². The SMILES string of the molecule is O=C(Nc1cnc2ccc(Cl)cn2c1=O)N1CCN(Cc2ccccn2)CC1. The molecule has 2 amide bonds. The van der Waals surface area contributed by atoms with Gasteiger partial charge in [0, 0.05) is 45.1 Å². The Morgan fingerprint density at radius 3 is 2.68 bits per heavy atom. The monoisotopic (exact) mass is 398 g/mol. The van der Waals surface area contributed by atoms with Crippen LogP contribution in [0.15, 0.2) is 53.7 Å². The molecule has 0 spiro atoms. The van der Waals surface area contributed by atoms with Crippen LogP contribution in [-0.2, 0) is 6.54 Å². The van der Waals surface area contributed by atoms with E-state index in [0.717, 1.165) is 25.3 Å². The molecule has 1 saturated heterocycles. The zero-order valence-electron chi connectivity index (χ0n) is 15.1. The van der Waals surface area contributed by atoms with Gasteiger partial charge in [0.2, 0.25) is 0 Å². The topological polar surface area (TPSA) is 82.8 Å². The summed E-state index contributed by atoms with van der Waals surface area (Å²) >= 11 is 5.95. The minimum atomic E-state index is -0.366. The number of nitrogens with zero attached hydrogens (tertiary/aromatic N) is 5. The van der Waals surface area contributed by atoms with Crippen LogP contribution in [0.25, 0.3) is 5.65 Å². The molecule has 8 nitrogen and oxygen atoms in total. The van der Waals surface area contributed by atoms with E-state index in [0.29, 0.717) is 23.8 Å². The largest absolute Gasteiger partial charge is 0.322 e. The second kappa shape index (κ2) is 7.95. The van der Waals surface area contributed by atoms with E-state index in [1.165, 1.54) is 16.8 Å². The number of carbonyl (C=O) groups excluding carboxylic acids is 1. The molecule has 0 bridgehead atoms. The third-order valence-electron chi connectivity index (χ3n) is 4.68. The first-order valence-corrected chi connectivity index (χ1v) is 9.33. The molecule has 9 heteroatoms. The standard InChI is InChI=1S/C19H19ClN6O2/c20-14-4-5-17-22-11-16(18(27)26(17)12-14)23-19(28)25-9-7-24(8-10-25)13-15-3-1-2-6-21-15/h1-6,11-12H,7-10,13H2,(H,23,28). The number of aromatic nitrogens is 3. The van der Waals surface area contributed by atoms with Crippen LogP contribution in [0, 0.1) is 0 Å². The van der Waals surface area contributed by atoms with Crippen LogP contribution in [-0.4, -0.2) is 56.4 Å². The quantitative estimate of drug-likeness (QED) is 0.730. The molecule has 1 N–H and O–H groups in total. The van der Waals surface area contributed by atoms with Crippen molar-refractivity contribution in [3.8, 4) is 0 Å². The molecular weight excluding hydrogens is 380 g/mol. The fraction of sp³-hybridized carbons (Fsp3) is 0.263. The Balaban J connectivity index is 1.39. The van der Waals surface area contributed by atoms with Crippen molar-refractivity contribution in [1.29, 1.82) is 0 Å². The first-order chi connectivity index (χ1) is 13.6. The van der Waals surface area contributed by atoms with Crippen LogP contribution in [0.4, 0.5) is 10.5 Å². The molecule has 4 heterocycles. The van der Waals surface area contributed by atoms with E-state index in [1.54, 1.807) is 23.2 Å². The number of halogens is 1. The van der Waals surface area contributed by atoms with Gasteiger partial charge in [-0.1, -0.05) is 17.7 Å². The summed E-state index contributed by atoms with van der Waals surface area (Å²) in [6.07, 6.45) is 4.64. The molecule has 0 atom stereocenters. The van der Waals surface area contributed by atoms with Crippen molar-refractivity contribution >= 4 is 29.0 Å². The molecule has 0 aliphatic carbocycles. The molecule has 0 saturated carbocycles. The number of hydrogen-bond acceptors (Lipinski definition) is 5.